The van der Waals surface area contributed by atoms with Crippen LogP contribution in [0, 0.1) is 29.6 Å². The van der Waals surface area contributed by atoms with Gasteiger partial charge in [0.15, 0.2) is 0 Å². The van der Waals surface area contributed by atoms with Gasteiger partial charge in [-0.3, -0.25) is 0 Å². The maximum Gasteiger partial charge on any atom is 0.0991 e. The molecule has 0 aliphatic carbocycles. The molecule has 1 atom stereocenters. The molecule has 0 spiro atoms. The quantitative estimate of drug-likeness (QED) is 0.647. The lowest BCUT2D eigenvalue weighted by molar-refractivity contribution is 0.592. The van der Waals surface area contributed by atoms with Gasteiger partial charge in [-0.15, -0.1) is 6.42 Å². The van der Waals surface area contributed by atoms with Gasteiger partial charge in [-0.1, -0.05) is 31.9 Å². The minimum absolute atomic E-state index is 0.141. The summed E-state index contributed by atoms with van der Waals surface area (Å²) >= 11 is 0. The van der Waals surface area contributed by atoms with Crippen LogP contribution in [0.15, 0.2) is 24.3 Å². The Labute approximate surface area is 85.4 Å². The van der Waals surface area contributed by atoms with E-state index in [0.717, 1.165) is 5.56 Å². The molecule has 0 aliphatic heterocycles. The lowest BCUT2D eigenvalue weighted by Gasteiger charge is -2.14. The second-order valence-corrected chi connectivity index (χ2v) is 3.62. The third-order valence-corrected chi connectivity index (χ3v) is 2.25. The molecule has 0 aromatic heterocycles. The third-order valence-electron chi connectivity index (χ3n) is 2.25. The van der Waals surface area contributed by atoms with Crippen LogP contribution in [0.2, 0.25) is 0 Å². The monoisotopic (exact) mass is 183 g/mol. The van der Waals surface area contributed by atoms with Gasteiger partial charge >= 0.3 is 0 Å². The fraction of sp³-hybridized carbons (Fsp3) is 0.308. The molecule has 0 heterocycles. The van der Waals surface area contributed by atoms with Gasteiger partial charge in [0.1, 0.15) is 0 Å². The first kappa shape index (κ1) is 10.4. The molecule has 1 aromatic rings. The van der Waals surface area contributed by atoms with E-state index in [9.17, 15) is 0 Å². The summed E-state index contributed by atoms with van der Waals surface area (Å²) < 4.78 is 0. The van der Waals surface area contributed by atoms with Gasteiger partial charge < -0.3 is 0 Å². The number of nitrogens with zero attached hydrogens (tertiary/aromatic N) is 1. The molecule has 1 rings (SSSR count). The fourth-order valence-corrected chi connectivity index (χ4v) is 1.44. The summed E-state index contributed by atoms with van der Waals surface area (Å²) in [5.74, 6) is 3.34. The molecular formula is C13H13N. The van der Waals surface area contributed by atoms with E-state index in [1.165, 1.54) is 0 Å². The van der Waals surface area contributed by atoms with Crippen LogP contribution in [-0.4, -0.2) is 0 Å². The molecule has 0 fully saturated rings. The minimum atomic E-state index is 0.141. The normalized spacial score (nSPS) is 11.8. The Kier molecular flexibility index (Phi) is 3.32. The topological polar surface area (TPSA) is 23.8 Å². The third kappa shape index (κ3) is 2.15. The number of nitriles is 1. The second kappa shape index (κ2) is 4.49. The standard InChI is InChI=1S/C13H13N/c1-4-13(10(2)3)12-7-5-11(9-14)6-8-12/h1,5-8,10,13H,2-3H3/t13-/m1/s1. The van der Waals surface area contributed by atoms with Crippen molar-refractivity contribution in [2.24, 2.45) is 5.92 Å². The van der Waals surface area contributed by atoms with Crippen LogP contribution in [0.1, 0.15) is 30.9 Å². The number of hydrogen-bond donors (Lipinski definition) is 0. The van der Waals surface area contributed by atoms with Crippen molar-refractivity contribution in [1.82, 2.24) is 0 Å². The SMILES string of the molecule is C#C[C@@H](c1ccc(C#N)cc1)C(C)C. The lowest BCUT2D eigenvalue weighted by atomic mass is 9.89. The van der Waals surface area contributed by atoms with E-state index in [-0.39, 0.29) is 5.92 Å². The van der Waals surface area contributed by atoms with Crippen molar-refractivity contribution in [3.8, 4) is 18.4 Å². The van der Waals surface area contributed by atoms with Gasteiger partial charge in [0.05, 0.1) is 11.6 Å². The van der Waals surface area contributed by atoms with E-state index in [4.69, 9.17) is 11.7 Å². The van der Waals surface area contributed by atoms with Crippen LogP contribution in [0.25, 0.3) is 0 Å². The molecule has 0 amide bonds. The summed E-state index contributed by atoms with van der Waals surface area (Å²) in [6.07, 6.45) is 5.46. The first-order chi connectivity index (χ1) is 6.69. The highest BCUT2D eigenvalue weighted by Gasteiger charge is 2.11. The molecule has 14 heavy (non-hydrogen) atoms. The Hall–Kier alpha value is -1.73. The average Bonchev–Trinajstić information content (AvgIpc) is 2.19. The van der Waals surface area contributed by atoms with Gasteiger partial charge in [-0.2, -0.15) is 5.26 Å². The zero-order valence-corrected chi connectivity index (χ0v) is 8.49. The van der Waals surface area contributed by atoms with Crippen molar-refractivity contribution in [1.29, 1.82) is 5.26 Å². The molecular weight excluding hydrogens is 170 g/mol. The van der Waals surface area contributed by atoms with E-state index >= 15 is 0 Å². The lowest BCUT2D eigenvalue weighted by Crippen LogP contribution is -2.03. The van der Waals surface area contributed by atoms with Crippen molar-refractivity contribution >= 4 is 0 Å². The number of rotatable bonds is 2. The van der Waals surface area contributed by atoms with Gasteiger partial charge in [-0.25, -0.2) is 0 Å². The number of benzene rings is 1. The summed E-state index contributed by atoms with van der Waals surface area (Å²) in [6, 6.07) is 9.57. The summed E-state index contributed by atoms with van der Waals surface area (Å²) in [5, 5.41) is 8.64. The highest BCUT2D eigenvalue weighted by Crippen LogP contribution is 2.23. The van der Waals surface area contributed by atoms with E-state index in [1.54, 1.807) is 0 Å². The summed E-state index contributed by atoms with van der Waals surface area (Å²) in [4.78, 5) is 0. The Morgan fingerprint density at radius 2 is 1.79 bits per heavy atom. The van der Waals surface area contributed by atoms with E-state index < -0.39 is 0 Å². The summed E-state index contributed by atoms with van der Waals surface area (Å²) in [7, 11) is 0. The largest absolute Gasteiger partial charge is 0.192 e. The average molecular weight is 183 g/mol. The molecule has 0 bridgehead atoms. The molecule has 1 nitrogen and oxygen atoms in total. The first-order valence-corrected chi connectivity index (χ1v) is 4.65. The zero-order chi connectivity index (χ0) is 10.6. The molecule has 0 N–H and O–H groups in total. The van der Waals surface area contributed by atoms with Crippen LogP contribution in [0.4, 0.5) is 0 Å². The Morgan fingerprint density at radius 1 is 1.21 bits per heavy atom. The molecule has 0 aliphatic rings. The van der Waals surface area contributed by atoms with Crippen LogP contribution < -0.4 is 0 Å². The summed E-state index contributed by atoms with van der Waals surface area (Å²) in [5.41, 5.74) is 1.79. The van der Waals surface area contributed by atoms with E-state index in [2.05, 4.69) is 25.8 Å². The van der Waals surface area contributed by atoms with Crippen molar-refractivity contribution < 1.29 is 0 Å². The highest BCUT2D eigenvalue weighted by atomic mass is 14.2. The van der Waals surface area contributed by atoms with E-state index in [1.807, 2.05) is 24.3 Å². The molecule has 0 saturated heterocycles. The van der Waals surface area contributed by atoms with Crippen molar-refractivity contribution in [3.63, 3.8) is 0 Å². The second-order valence-electron chi connectivity index (χ2n) is 3.62. The van der Waals surface area contributed by atoms with Crippen LogP contribution in [0.5, 0.6) is 0 Å². The number of hydrogen-bond acceptors (Lipinski definition) is 1. The van der Waals surface area contributed by atoms with Crippen molar-refractivity contribution in [2.45, 2.75) is 19.8 Å². The zero-order valence-electron chi connectivity index (χ0n) is 8.49. The molecule has 0 radical (unpaired) electrons. The van der Waals surface area contributed by atoms with Crippen LogP contribution >= 0.6 is 0 Å². The smallest absolute Gasteiger partial charge is 0.0991 e. The molecule has 0 saturated carbocycles. The Bertz CT molecular complexity index is 373. The maximum atomic E-state index is 8.64. The predicted octanol–water partition coefficient (Wildman–Crippen LogP) is 2.93. The molecule has 1 aromatic carbocycles. The Balaban J connectivity index is 2.98. The van der Waals surface area contributed by atoms with Crippen molar-refractivity contribution in [3.05, 3.63) is 35.4 Å². The van der Waals surface area contributed by atoms with Crippen LogP contribution in [-0.2, 0) is 0 Å². The van der Waals surface area contributed by atoms with Crippen molar-refractivity contribution in [2.75, 3.05) is 0 Å². The number of terminal acetylenes is 1. The summed E-state index contributed by atoms with van der Waals surface area (Å²) in [6.45, 7) is 4.20. The van der Waals surface area contributed by atoms with Gasteiger partial charge in [-0.05, 0) is 23.6 Å². The minimum Gasteiger partial charge on any atom is -0.192 e. The van der Waals surface area contributed by atoms with E-state index in [0.29, 0.717) is 11.5 Å². The maximum absolute atomic E-state index is 8.64. The fourth-order valence-electron chi connectivity index (χ4n) is 1.44. The predicted molar refractivity (Wildman–Crippen MR) is 57.6 cm³/mol. The van der Waals surface area contributed by atoms with Crippen LogP contribution in [0.3, 0.4) is 0 Å². The van der Waals surface area contributed by atoms with Gasteiger partial charge in [0.25, 0.3) is 0 Å². The highest BCUT2D eigenvalue weighted by molar-refractivity contribution is 5.35. The molecule has 70 valence electrons. The van der Waals surface area contributed by atoms with Gasteiger partial charge in [0, 0.05) is 5.92 Å². The molecule has 1 heteroatoms. The van der Waals surface area contributed by atoms with Gasteiger partial charge in [0.2, 0.25) is 0 Å². The first-order valence-electron chi connectivity index (χ1n) is 4.65. The Morgan fingerprint density at radius 3 is 2.14 bits per heavy atom. The molecule has 0 unspecified atom stereocenters.